The first kappa shape index (κ1) is 12.8. The van der Waals surface area contributed by atoms with Gasteiger partial charge in [0.25, 0.3) is 0 Å². The highest BCUT2D eigenvalue weighted by Gasteiger charge is 2.15. The summed E-state index contributed by atoms with van der Waals surface area (Å²) in [7, 11) is 0. The van der Waals surface area contributed by atoms with Crippen LogP contribution in [0.4, 0.5) is 5.82 Å². The number of rotatable bonds is 4. The zero-order valence-electron chi connectivity index (χ0n) is 10.5. The van der Waals surface area contributed by atoms with Gasteiger partial charge in [-0.05, 0) is 19.1 Å². The maximum absolute atomic E-state index is 11.1. The number of anilines is 1. The van der Waals surface area contributed by atoms with Crippen molar-refractivity contribution in [1.29, 1.82) is 0 Å². The van der Waals surface area contributed by atoms with E-state index in [1.54, 1.807) is 6.07 Å². The molecule has 0 atom stereocenters. The summed E-state index contributed by atoms with van der Waals surface area (Å²) < 4.78 is 0. The highest BCUT2D eigenvalue weighted by Crippen LogP contribution is 2.23. The molecular formula is C14H13N3O2. The Morgan fingerprint density at radius 2 is 2.16 bits per heavy atom. The van der Waals surface area contributed by atoms with Crippen LogP contribution in [0.1, 0.15) is 17.5 Å². The van der Waals surface area contributed by atoms with Gasteiger partial charge in [0.05, 0.1) is 12.1 Å². The number of aromatic nitrogens is 2. The number of benzene rings is 1. The van der Waals surface area contributed by atoms with Crippen LogP contribution in [0, 0.1) is 12.3 Å². The van der Waals surface area contributed by atoms with E-state index < -0.39 is 5.97 Å². The fourth-order valence-electron chi connectivity index (χ4n) is 1.84. The molecule has 0 saturated carbocycles. The number of carboxylic acid groups (broad SMARTS) is 1. The number of aromatic carboxylic acids is 1. The molecule has 0 bridgehead atoms. The molecule has 5 heteroatoms. The molecule has 1 aromatic heterocycles. The van der Waals surface area contributed by atoms with Crippen molar-refractivity contribution in [2.45, 2.75) is 6.92 Å². The number of nitrogens with zero attached hydrogens (tertiary/aromatic N) is 3. The first-order valence-electron chi connectivity index (χ1n) is 5.85. The van der Waals surface area contributed by atoms with Crippen LogP contribution in [-0.2, 0) is 0 Å². The zero-order chi connectivity index (χ0) is 13.8. The van der Waals surface area contributed by atoms with E-state index in [0.29, 0.717) is 24.4 Å². The van der Waals surface area contributed by atoms with Crippen LogP contribution < -0.4 is 4.90 Å². The average molecular weight is 255 g/mol. The summed E-state index contributed by atoms with van der Waals surface area (Å²) in [6, 6.07) is 7.29. The summed E-state index contributed by atoms with van der Waals surface area (Å²) >= 11 is 0. The number of terminal acetylenes is 1. The van der Waals surface area contributed by atoms with Crippen molar-refractivity contribution >= 4 is 22.7 Å². The summed E-state index contributed by atoms with van der Waals surface area (Å²) in [6.45, 7) is 2.95. The molecule has 2 rings (SSSR count). The molecule has 0 aliphatic carbocycles. The fourth-order valence-corrected chi connectivity index (χ4v) is 1.84. The minimum atomic E-state index is -1.15. The van der Waals surface area contributed by atoms with E-state index in [1.807, 2.05) is 30.0 Å². The Bertz CT molecular complexity index is 661. The predicted octanol–water partition coefficient (Wildman–Crippen LogP) is 1.79. The van der Waals surface area contributed by atoms with Gasteiger partial charge in [-0.1, -0.05) is 18.1 Å². The summed E-state index contributed by atoms with van der Waals surface area (Å²) in [4.78, 5) is 21.1. The van der Waals surface area contributed by atoms with Crippen LogP contribution in [0.15, 0.2) is 24.3 Å². The second-order valence-electron chi connectivity index (χ2n) is 3.91. The Hall–Kier alpha value is -2.61. The van der Waals surface area contributed by atoms with Crippen LogP contribution in [0.5, 0.6) is 0 Å². The summed E-state index contributed by atoms with van der Waals surface area (Å²) in [5, 5.41) is 9.87. The van der Waals surface area contributed by atoms with Crippen molar-refractivity contribution < 1.29 is 9.90 Å². The fraction of sp³-hybridized carbons (Fsp3) is 0.214. The molecule has 96 valence electrons. The van der Waals surface area contributed by atoms with E-state index in [-0.39, 0.29) is 5.82 Å². The van der Waals surface area contributed by atoms with Crippen LogP contribution in [0.25, 0.3) is 10.9 Å². The minimum absolute atomic E-state index is 0.218. The molecule has 0 aliphatic heterocycles. The van der Waals surface area contributed by atoms with E-state index in [0.717, 1.165) is 5.39 Å². The lowest BCUT2D eigenvalue weighted by molar-refractivity contribution is 0.0684. The van der Waals surface area contributed by atoms with Gasteiger partial charge in [0.2, 0.25) is 5.82 Å². The Labute approximate surface area is 110 Å². The first-order chi connectivity index (χ1) is 9.17. The molecule has 1 aromatic carbocycles. The smallest absolute Gasteiger partial charge is 0.374 e. The summed E-state index contributed by atoms with van der Waals surface area (Å²) in [6.07, 6.45) is 5.33. The molecule has 0 saturated heterocycles. The van der Waals surface area contributed by atoms with Crippen molar-refractivity contribution in [3.8, 4) is 12.3 Å². The average Bonchev–Trinajstić information content (AvgIpc) is 2.43. The number of carbonyl (C=O) groups is 1. The largest absolute Gasteiger partial charge is 0.475 e. The SMILES string of the molecule is C#CCN(CC)c1nc(C(=O)O)nc2ccccc12. The maximum Gasteiger partial charge on any atom is 0.374 e. The topological polar surface area (TPSA) is 66.3 Å². The van der Waals surface area contributed by atoms with E-state index in [9.17, 15) is 4.79 Å². The second kappa shape index (κ2) is 5.36. The van der Waals surface area contributed by atoms with Gasteiger partial charge in [-0.2, -0.15) is 0 Å². The first-order valence-corrected chi connectivity index (χ1v) is 5.85. The van der Waals surface area contributed by atoms with Crippen LogP contribution in [-0.4, -0.2) is 34.1 Å². The Morgan fingerprint density at radius 1 is 1.42 bits per heavy atom. The lowest BCUT2D eigenvalue weighted by atomic mass is 10.2. The van der Waals surface area contributed by atoms with Crippen molar-refractivity contribution in [1.82, 2.24) is 9.97 Å². The third-order valence-corrected chi connectivity index (χ3v) is 2.74. The second-order valence-corrected chi connectivity index (χ2v) is 3.91. The quantitative estimate of drug-likeness (QED) is 0.844. The summed E-state index contributed by atoms with van der Waals surface area (Å²) in [5.74, 6) is 1.74. The normalized spacial score (nSPS) is 10.1. The van der Waals surface area contributed by atoms with E-state index in [2.05, 4.69) is 15.9 Å². The molecular weight excluding hydrogens is 242 g/mol. The molecule has 0 aliphatic rings. The highest BCUT2D eigenvalue weighted by atomic mass is 16.4. The van der Waals surface area contributed by atoms with Crippen molar-refractivity contribution in [3.05, 3.63) is 30.1 Å². The molecule has 2 aromatic rings. The van der Waals surface area contributed by atoms with Crippen LogP contribution in [0.2, 0.25) is 0 Å². The molecule has 1 N–H and O–H groups in total. The number of hydrogen-bond acceptors (Lipinski definition) is 4. The molecule has 0 fully saturated rings. The van der Waals surface area contributed by atoms with E-state index in [4.69, 9.17) is 11.5 Å². The van der Waals surface area contributed by atoms with Gasteiger partial charge in [0, 0.05) is 11.9 Å². The van der Waals surface area contributed by atoms with E-state index >= 15 is 0 Å². The van der Waals surface area contributed by atoms with Gasteiger partial charge in [0.15, 0.2) is 0 Å². The molecule has 0 radical (unpaired) electrons. The molecule has 19 heavy (non-hydrogen) atoms. The number of carboxylic acids is 1. The van der Waals surface area contributed by atoms with Crippen molar-refractivity contribution in [2.75, 3.05) is 18.0 Å². The molecule has 0 amide bonds. The zero-order valence-corrected chi connectivity index (χ0v) is 10.5. The molecule has 5 nitrogen and oxygen atoms in total. The highest BCUT2D eigenvalue weighted by molar-refractivity contribution is 5.93. The molecule has 0 unspecified atom stereocenters. The third kappa shape index (κ3) is 2.47. The van der Waals surface area contributed by atoms with Gasteiger partial charge < -0.3 is 10.0 Å². The standard InChI is InChI=1S/C14H13N3O2/c1-3-9-17(4-2)13-10-7-5-6-8-11(10)15-12(16-13)14(18)19/h1,5-8H,4,9H2,2H3,(H,18,19). The summed E-state index contributed by atoms with van der Waals surface area (Å²) in [5.41, 5.74) is 0.598. The van der Waals surface area contributed by atoms with E-state index in [1.165, 1.54) is 0 Å². The van der Waals surface area contributed by atoms with Crippen molar-refractivity contribution in [2.24, 2.45) is 0 Å². The number of hydrogen-bond donors (Lipinski definition) is 1. The minimum Gasteiger partial charge on any atom is -0.475 e. The van der Waals surface area contributed by atoms with Gasteiger partial charge in [-0.15, -0.1) is 6.42 Å². The maximum atomic E-state index is 11.1. The van der Waals surface area contributed by atoms with Gasteiger partial charge in [-0.3, -0.25) is 0 Å². The molecule has 0 spiro atoms. The molecule has 1 heterocycles. The third-order valence-electron chi connectivity index (χ3n) is 2.74. The van der Waals surface area contributed by atoms with Gasteiger partial charge in [0.1, 0.15) is 5.82 Å². The van der Waals surface area contributed by atoms with Crippen LogP contribution >= 0.6 is 0 Å². The Kier molecular flexibility index (Phi) is 3.62. The lowest BCUT2D eigenvalue weighted by Gasteiger charge is -2.20. The Morgan fingerprint density at radius 3 is 2.79 bits per heavy atom. The number of fused-ring (bicyclic) bond motifs is 1. The lowest BCUT2D eigenvalue weighted by Crippen LogP contribution is -2.25. The monoisotopic (exact) mass is 255 g/mol. The van der Waals surface area contributed by atoms with Gasteiger partial charge in [-0.25, -0.2) is 14.8 Å². The Balaban J connectivity index is 2.69. The van der Waals surface area contributed by atoms with Crippen molar-refractivity contribution in [3.63, 3.8) is 0 Å². The number of para-hydroxylation sites is 1. The van der Waals surface area contributed by atoms with Gasteiger partial charge >= 0.3 is 5.97 Å². The predicted molar refractivity (Wildman–Crippen MR) is 73.2 cm³/mol. The van der Waals surface area contributed by atoms with Crippen LogP contribution in [0.3, 0.4) is 0 Å².